The van der Waals surface area contributed by atoms with Crippen LogP contribution in [0, 0.1) is 5.92 Å². The van der Waals surface area contributed by atoms with Crippen molar-refractivity contribution < 1.29 is 9.53 Å². The second-order valence-corrected chi connectivity index (χ2v) is 6.39. The number of nitrogens with one attached hydrogen (secondary N) is 1. The number of halogens is 1. The molecule has 1 amide bonds. The van der Waals surface area contributed by atoms with Crippen LogP contribution in [0.25, 0.3) is 10.8 Å². The average molecular weight is 349 g/mol. The molecule has 2 atom stereocenters. The minimum atomic E-state index is 0. The van der Waals surface area contributed by atoms with Crippen molar-refractivity contribution in [1.82, 2.24) is 5.32 Å². The van der Waals surface area contributed by atoms with Crippen molar-refractivity contribution in [3.8, 4) is 5.75 Å². The van der Waals surface area contributed by atoms with E-state index in [-0.39, 0.29) is 30.3 Å². The fourth-order valence-corrected chi connectivity index (χ4v) is 3.31. The maximum atomic E-state index is 12.3. The Morgan fingerprint density at radius 2 is 1.96 bits per heavy atom. The van der Waals surface area contributed by atoms with Gasteiger partial charge in [0.25, 0.3) is 0 Å². The van der Waals surface area contributed by atoms with Gasteiger partial charge in [-0.05, 0) is 53.8 Å². The van der Waals surface area contributed by atoms with Crippen LogP contribution >= 0.6 is 12.4 Å². The number of carbonyl (C=O) groups is 1. The molecule has 0 aliphatic heterocycles. The summed E-state index contributed by atoms with van der Waals surface area (Å²) in [6, 6.07) is 12.4. The van der Waals surface area contributed by atoms with Gasteiger partial charge in [-0.15, -0.1) is 12.4 Å². The molecule has 5 heteroatoms. The van der Waals surface area contributed by atoms with Crippen molar-refractivity contribution in [3.05, 3.63) is 42.0 Å². The van der Waals surface area contributed by atoms with Crippen molar-refractivity contribution in [3.63, 3.8) is 0 Å². The SMILES string of the molecule is COc1ccc2cc(CNC(=O)C3CCCC(N)C3)ccc2c1.Cl. The highest BCUT2D eigenvalue weighted by molar-refractivity contribution is 5.85. The minimum Gasteiger partial charge on any atom is -0.497 e. The first-order valence-electron chi connectivity index (χ1n) is 8.25. The zero-order valence-electron chi connectivity index (χ0n) is 14.0. The Labute approximate surface area is 149 Å². The van der Waals surface area contributed by atoms with Gasteiger partial charge in [0.1, 0.15) is 5.75 Å². The molecule has 1 aliphatic rings. The first-order valence-corrected chi connectivity index (χ1v) is 8.25. The minimum absolute atomic E-state index is 0. The van der Waals surface area contributed by atoms with Crippen LogP contribution in [0.15, 0.2) is 36.4 Å². The number of hydrogen-bond acceptors (Lipinski definition) is 3. The third-order valence-electron chi connectivity index (χ3n) is 4.66. The summed E-state index contributed by atoms with van der Waals surface area (Å²) in [6.07, 6.45) is 3.86. The Morgan fingerprint density at radius 1 is 1.21 bits per heavy atom. The van der Waals surface area contributed by atoms with E-state index in [2.05, 4.69) is 23.5 Å². The van der Waals surface area contributed by atoms with Crippen LogP contribution in [0.3, 0.4) is 0 Å². The molecule has 1 saturated carbocycles. The summed E-state index contributed by atoms with van der Waals surface area (Å²) < 4.78 is 5.24. The molecule has 0 heterocycles. The number of methoxy groups -OCH3 is 1. The van der Waals surface area contributed by atoms with Crippen molar-refractivity contribution in [2.75, 3.05) is 7.11 Å². The number of ether oxygens (including phenoxy) is 1. The standard InChI is InChI=1S/C19H24N2O2.ClH/c1-23-18-8-7-14-9-13(5-6-15(14)11-18)12-21-19(22)16-3-2-4-17(20)10-16;/h5-9,11,16-17H,2-4,10,12,20H2,1H3,(H,21,22);1H. The fraction of sp³-hybridized carbons (Fsp3) is 0.421. The van der Waals surface area contributed by atoms with E-state index in [4.69, 9.17) is 10.5 Å². The second kappa shape index (κ2) is 8.36. The van der Waals surface area contributed by atoms with Gasteiger partial charge in [-0.2, -0.15) is 0 Å². The van der Waals surface area contributed by atoms with Crippen LogP contribution < -0.4 is 15.8 Å². The molecule has 0 bridgehead atoms. The highest BCUT2D eigenvalue weighted by Crippen LogP contribution is 2.24. The van der Waals surface area contributed by atoms with Crippen LogP contribution in [0.2, 0.25) is 0 Å². The maximum absolute atomic E-state index is 12.3. The molecular weight excluding hydrogens is 324 g/mol. The van der Waals surface area contributed by atoms with Gasteiger partial charge >= 0.3 is 0 Å². The molecule has 0 spiro atoms. The largest absolute Gasteiger partial charge is 0.497 e. The molecule has 3 rings (SSSR count). The summed E-state index contributed by atoms with van der Waals surface area (Å²) >= 11 is 0. The normalized spacial score (nSPS) is 20.2. The summed E-state index contributed by atoms with van der Waals surface area (Å²) in [5, 5.41) is 5.34. The quantitative estimate of drug-likeness (QED) is 0.890. The highest BCUT2D eigenvalue weighted by Gasteiger charge is 2.24. The van der Waals surface area contributed by atoms with Crippen LogP contribution in [-0.2, 0) is 11.3 Å². The molecule has 2 unspecified atom stereocenters. The van der Waals surface area contributed by atoms with E-state index in [1.807, 2.05) is 18.2 Å². The lowest BCUT2D eigenvalue weighted by atomic mass is 9.85. The first-order chi connectivity index (χ1) is 11.2. The van der Waals surface area contributed by atoms with Gasteiger partial charge in [0.15, 0.2) is 0 Å². The second-order valence-electron chi connectivity index (χ2n) is 6.39. The zero-order valence-corrected chi connectivity index (χ0v) is 14.8. The van der Waals surface area contributed by atoms with E-state index in [1.165, 1.54) is 0 Å². The summed E-state index contributed by atoms with van der Waals surface area (Å²) in [6.45, 7) is 0.562. The maximum Gasteiger partial charge on any atom is 0.223 e. The Hall–Kier alpha value is -1.78. The van der Waals surface area contributed by atoms with Gasteiger partial charge in [-0.25, -0.2) is 0 Å². The van der Waals surface area contributed by atoms with E-state index in [9.17, 15) is 4.79 Å². The van der Waals surface area contributed by atoms with Crippen LogP contribution in [0.4, 0.5) is 0 Å². The Kier molecular flexibility index (Phi) is 6.46. The molecule has 0 aromatic heterocycles. The molecule has 3 N–H and O–H groups in total. The van der Waals surface area contributed by atoms with Gasteiger partial charge in [0, 0.05) is 18.5 Å². The number of carbonyl (C=O) groups excluding carboxylic acids is 1. The lowest BCUT2D eigenvalue weighted by Gasteiger charge is -2.25. The predicted octanol–water partition coefficient (Wildman–Crippen LogP) is 3.40. The van der Waals surface area contributed by atoms with Gasteiger partial charge < -0.3 is 15.8 Å². The Morgan fingerprint density at radius 3 is 2.71 bits per heavy atom. The molecule has 130 valence electrons. The van der Waals surface area contributed by atoms with Gasteiger partial charge in [-0.3, -0.25) is 4.79 Å². The average Bonchev–Trinajstić information content (AvgIpc) is 2.59. The van der Waals surface area contributed by atoms with Crippen LogP contribution in [0.1, 0.15) is 31.2 Å². The van der Waals surface area contributed by atoms with Gasteiger partial charge in [0.05, 0.1) is 7.11 Å². The molecule has 1 fully saturated rings. The van der Waals surface area contributed by atoms with Crippen LogP contribution in [0.5, 0.6) is 5.75 Å². The van der Waals surface area contributed by atoms with Gasteiger partial charge in [0.2, 0.25) is 5.91 Å². The summed E-state index contributed by atoms with van der Waals surface area (Å²) in [5.74, 6) is 1.06. The Bertz CT molecular complexity index is 705. The lowest BCUT2D eigenvalue weighted by Crippen LogP contribution is -2.37. The topological polar surface area (TPSA) is 64.3 Å². The van der Waals surface area contributed by atoms with Crippen molar-refractivity contribution in [2.24, 2.45) is 11.7 Å². The van der Waals surface area contributed by atoms with E-state index in [0.29, 0.717) is 6.54 Å². The summed E-state index contributed by atoms with van der Waals surface area (Å²) in [7, 11) is 1.67. The zero-order chi connectivity index (χ0) is 16.2. The number of rotatable bonds is 4. The van der Waals surface area contributed by atoms with E-state index in [1.54, 1.807) is 7.11 Å². The number of benzene rings is 2. The molecule has 1 aliphatic carbocycles. The van der Waals surface area contributed by atoms with Crippen molar-refractivity contribution >= 4 is 29.1 Å². The van der Waals surface area contributed by atoms with Gasteiger partial charge in [-0.1, -0.05) is 24.6 Å². The lowest BCUT2D eigenvalue weighted by molar-refractivity contribution is -0.126. The van der Waals surface area contributed by atoms with Crippen molar-refractivity contribution in [1.29, 1.82) is 0 Å². The summed E-state index contributed by atoms with van der Waals surface area (Å²) in [4.78, 5) is 12.3. The molecule has 2 aromatic rings. The third kappa shape index (κ3) is 4.40. The van der Waals surface area contributed by atoms with E-state index in [0.717, 1.165) is 47.8 Å². The number of amides is 1. The predicted molar refractivity (Wildman–Crippen MR) is 99.5 cm³/mol. The molecule has 0 radical (unpaired) electrons. The molecule has 0 saturated heterocycles. The highest BCUT2D eigenvalue weighted by atomic mass is 35.5. The smallest absolute Gasteiger partial charge is 0.223 e. The Balaban J connectivity index is 0.00000208. The first kappa shape index (κ1) is 18.6. The molecule has 24 heavy (non-hydrogen) atoms. The molecule has 4 nitrogen and oxygen atoms in total. The number of nitrogens with two attached hydrogens (primary N) is 1. The third-order valence-corrected chi connectivity index (χ3v) is 4.66. The summed E-state index contributed by atoms with van der Waals surface area (Å²) in [5.41, 5.74) is 7.07. The van der Waals surface area contributed by atoms with Crippen molar-refractivity contribution in [2.45, 2.75) is 38.3 Å². The molecular formula is C19H25ClN2O2. The van der Waals surface area contributed by atoms with E-state index >= 15 is 0 Å². The van der Waals surface area contributed by atoms with Crippen LogP contribution in [-0.4, -0.2) is 19.1 Å². The fourth-order valence-electron chi connectivity index (χ4n) is 3.31. The van der Waals surface area contributed by atoms with E-state index < -0.39 is 0 Å². The number of fused-ring (bicyclic) bond motifs is 1. The number of hydrogen-bond donors (Lipinski definition) is 2. The monoisotopic (exact) mass is 348 g/mol. The molecule has 2 aromatic carbocycles.